The number of morpholine rings is 1. The summed E-state index contributed by atoms with van der Waals surface area (Å²) in [5.74, 6) is 0.0161. The molecule has 10 nitrogen and oxygen atoms in total. The molecule has 11 heteroatoms. The van der Waals surface area contributed by atoms with Crippen molar-refractivity contribution in [3.05, 3.63) is 54.1 Å². The minimum Gasteiger partial charge on any atom is -0.495 e. The van der Waals surface area contributed by atoms with Crippen LogP contribution in [0.2, 0.25) is 0 Å². The number of hydrogen-bond acceptors (Lipinski definition) is 7. The largest absolute Gasteiger partial charge is 0.495 e. The number of methoxy groups -OCH3 is 1. The fraction of sp³-hybridized carbons (Fsp3) is 0.333. The van der Waals surface area contributed by atoms with Crippen LogP contribution in [0.4, 0.5) is 10.5 Å². The van der Waals surface area contributed by atoms with Crippen molar-refractivity contribution in [2.45, 2.75) is 4.90 Å². The van der Waals surface area contributed by atoms with Crippen molar-refractivity contribution in [3.63, 3.8) is 0 Å². The van der Waals surface area contributed by atoms with Gasteiger partial charge in [-0.1, -0.05) is 18.2 Å². The standard InChI is InChI=1S/C21H25N3O7S/c1-29-19-8-3-2-7-18(19)23-21(26)31-12-9-22-20(25)16-5-4-6-17(15-16)32(27,28)24-10-13-30-14-11-24/h2-8,15H,9-14H2,1H3,(H,22,25)(H,23,26). The Labute approximate surface area is 186 Å². The van der Waals surface area contributed by atoms with Gasteiger partial charge in [-0.3, -0.25) is 10.1 Å². The number of sulfonamides is 1. The van der Waals surface area contributed by atoms with Gasteiger partial charge in [-0.2, -0.15) is 4.31 Å². The van der Waals surface area contributed by atoms with Gasteiger partial charge in [-0.25, -0.2) is 13.2 Å². The summed E-state index contributed by atoms with van der Waals surface area (Å²) in [6, 6.07) is 12.7. The number of carbonyl (C=O) groups is 2. The molecule has 3 rings (SSSR count). The van der Waals surface area contributed by atoms with Gasteiger partial charge >= 0.3 is 6.09 Å². The zero-order chi connectivity index (χ0) is 23.0. The average Bonchev–Trinajstić information content (AvgIpc) is 2.82. The molecule has 2 aromatic carbocycles. The SMILES string of the molecule is COc1ccccc1NC(=O)OCCNC(=O)c1cccc(S(=O)(=O)N2CCOCC2)c1. The highest BCUT2D eigenvalue weighted by atomic mass is 32.2. The maximum absolute atomic E-state index is 12.8. The number of rotatable bonds is 8. The Hall–Kier alpha value is -3.15. The maximum atomic E-state index is 12.8. The van der Waals surface area contributed by atoms with Gasteiger partial charge in [0.25, 0.3) is 5.91 Å². The van der Waals surface area contributed by atoms with Gasteiger partial charge in [0.1, 0.15) is 12.4 Å². The van der Waals surface area contributed by atoms with Gasteiger partial charge < -0.3 is 19.5 Å². The zero-order valence-electron chi connectivity index (χ0n) is 17.6. The van der Waals surface area contributed by atoms with E-state index in [0.29, 0.717) is 24.7 Å². The summed E-state index contributed by atoms with van der Waals surface area (Å²) in [6.45, 7) is 1.20. The number of para-hydroxylation sites is 2. The van der Waals surface area contributed by atoms with Crippen LogP contribution in [0.5, 0.6) is 5.75 Å². The van der Waals surface area contributed by atoms with Crippen molar-refractivity contribution in [3.8, 4) is 5.75 Å². The Kier molecular flexibility index (Phi) is 8.03. The summed E-state index contributed by atoms with van der Waals surface area (Å²) in [4.78, 5) is 24.4. The number of hydrogen-bond donors (Lipinski definition) is 2. The monoisotopic (exact) mass is 463 g/mol. The van der Waals surface area contributed by atoms with Gasteiger partial charge in [-0.05, 0) is 30.3 Å². The van der Waals surface area contributed by atoms with Crippen molar-refractivity contribution < 1.29 is 32.2 Å². The molecule has 0 aromatic heterocycles. The molecule has 0 spiro atoms. The molecule has 1 fully saturated rings. The molecule has 0 bridgehead atoms. The fourth-order valence-corrected chi connectivity index (χ4v) is 4.49. The Morgan fingerprint density at radius 2 is 1.84 bits per heavy atom. The Morgan fingerprint density at radius 3 is 2.59 bits per heavy atom. The number of carbonyl (C=O) groups excluding carboxylic acids is 2. The average molecular weight is 464 g/mol. The summed E-state index contributed by atoms with van der Waals surface area (Å²) < 4.78 is 42.2. The molecule has 1 aliphatic rings. The lowest BCUT2D eigenvalue weighted by atomic mass is 10.2. The smallest absolute Gasteiger partial charge is 0.411 e. The fourth-order valence-electron chi connectivity index (χ4n) is 3.04. The number of ether oxygens (including phenoxy) is 3. The highest BCUT2D eigenvalue weighted by Crippen LogP contribution is 2.23. The molecule has 0 unspecified atom stereocenters. The van der Waals surface area contributed by atoms with E-state index < -0.39 is 22.0 Å². The minimum absolute atomic E-state index is 0.0412. The molecule has 1 aliphatic heterocycles. The van der Waals surface area contributed by atoms with Crippen molar-refractivity contribution in [1.29, 1.82) is 0 Å². The molecule has 1 saturated heterocycles. The van der Waals surface area contributed by atoms with Crippen molar-refractivity contribution in [1.82, 2.24) is 9.62 Å². The predicted molar refractivity (Wildman–Crippen MR) is 116 cm³/mol. The third-order valence-corrected chi connectivity index (χ3v) is 6.56. The van der Waals surface area contributed by atoms with Crippen LogP contribution in [-0.4, -0.2) is 71.3 Å². The molecule has 32 heavy (non-hydrogen) atoms. The third-order valence-electron chi connectivity index (χ3n) is 4.67. The summed E-state index contributed by atoms with van der Waals surface area (Å²) in [5, 5.41) is 5.16. The zero-order valence-corrected chi connectivity index (χ0v) is 18.4. The first-order valence-corrected chi connectivity index (χ1v) is 11.4. The van der Waals surface area contributed by atoms with Gasteiger partial charge in [-0.15, -0.1) is 0 Å². The van der Waals surface area contributed by atoms with Crippen LogP contribution in [0.25, 0.3) is 0 Å². The first-order valence-electron chi connectivity index (χ1n) is 9.95. The third kappa shape index (κ3) is 5.96. The molecule has 172 valence electrons. The lowest BCUT2D eigenvalue weighted by molar-refractivity contribution is 0.0730. The molecule has 0 radical (unpaired) electrons. The first kappa shape index (κ1) is 23.5. The van der Waals surface area contributed by atoms with E-state index in [9.17, 15) is 18.0 Å². The van der Waals surface area contributed by atoms with Gasteiger partial charge in [0.2, 0.25) is 10.0 Å². The first-order chi connectivity index (χ1) is 15.4. The van der Waals surface area contributed by atoms with E-state index in [4.69, 9.17) is 14.2 Å². The van der Waals surface area contributed by atoms with E-state index in [1.165, 1.54) is 35.7 Å². The number of nitrogens with one attached hydrogen (secondary N) is 2. The molecule has 2 aromatic rings. The number of nitrogens with zero attached hydrogens (tertiary/aromatic N) is 1. The van der Waals surface area contributed by atoms with E-state index in [1.54, 1.807) is 24.3 Å². The second-order valence-electron chi connectivity index (χ2n) is 6.76. The van der Waals surface area contributed by atoms with Gasteiger partial charge in [0, 0.05) is 18.7 Å². The van der Waals surface area contributed by atoms with Crippen molar-refractivity contribution >= 4 is 27.7 Å². The topological polar surface area (TPSA) is 123 Å². The molecule has 1 heterocycles. The summed E-state index contributed by atoms with van der Waals surface area (Å²) in [6.07, 6.45) is -0.692. The molecule has 0 atom stereocenters. The summed E-state index contributed by atoms with van der Waals surface area (Å²) in [7, 11) is -2.22. The van der Waals surface area contributed by atoms with E-state index in [0.717, 1.165) is 0 Å². The van der Waals surface area contributed by atoms with E-state index in [1.807, 2.05) is 0 Å². The summed E-state index contributed by atoms with van der Waals surface area (Å²) in [5.41, 5.74) is 0.653. The molecular weight excluding hydrogens is 438 g/mol. The van der Waals surface area contributed by atoms with E-state index >= 15 is 0 Å². The minimum atomic E-state index is -3.70. The van der Waals surface area contributed by atoms with Crippen LogP contribution in [0, 0.1) is 0 Å². The highest BCUT2D eigenvalue weighted by molar-refractivity contribution is 7.89. The van der Waals surface area contributed by atoms with Gasteiger partial charge in [0.15, 0.2) is 0 Å². The number of benzene rings is 2. The number of amides is 2. The normalized spacial score (nSPS) is 14.4. The second kappa shape index (κ2) is 10.9. The second-order valence-corrected chi connectivity index (χ2v) is 8.70. The molecular formula is C21H25N3O7S. The molecule has 2 N–H and O–H groups in total. The molecule has 0 saturated carbocycles. The highest BCUT2D eigenvalue weighted by Gasteiger charge is 2.26. The van der Waals surface area contributed by atoms with Crippen LogP contribution in [0.3, 0.4) is 0 Å². The number of anilines is 1. The van der Waals surface area contributed by atoms with E-state index in [-0.39, 0.29) is 36.7 Å². The van der Waals surface area contributed by atoms with Crippen molar-refractivity contribution in [2.75, 3.05) is 51.9 Å². The Balaban J connectivity index is 1.50. The van der Waals surface area contributed by atoms with Crippen LogP contribution >= 0.6 is 0 Å². The van der Waals surface area contributed by atoms with Crippen LogP contribution < -0.4 is 15.4 Å². The lowest BCUT2D eigenvalue weighted by Crippen LogP contribution is -2.40. The Morgan fingerprint density at radius 1 is 1.09 bits per heavy atom. The Bertz CT molecular complexity index is 1050. The van der Waals surface area contributed by atoms with E-state index in [2.05, 4.69) is 10.6 Å². The quantitative estimate of drug-likeness (QED) is 0.571. The van der Waals surface area contributed by atoms with Crippen LogP contribution in [0.15, 0.2) is 53.4 Å². The predicted octanol–water partition coefficient (Wildman–Crippen LogP) is 1.69. The summed E-state index contributed by atoms with van der Waals surface area (Å²) >= 11 is 0. The van der Waals surface area contributed by atoms with Crippen LogP contribution in [0.1, 0.15) is 10.4 Å². The lowest BCUT2D eigenvalue weighted by Gasteiger charge is -2.26. The maximum Gasteiger partial charge on any atom is 0.411 e. The molecule has 2 amide bonds. The molecule has 0 aliphatic carbocycles. The van der Waals surface area contributed by atoms with Crippen LogP contribution in [-0.2, 0) is 19.5 Å². The van der Waals surface area contributed by atoms with Gasteiger partial charge in [0.05, 0.1) is 37.5 Å². The van der Waals surface area contributed by atoms with Crippen molar-refractivity contribution in [2.24, 2.45) is 0 Å².